The highest BCUT2D eigenvalue weighted by Crippen LogP contribution is 2.20. The lowest BCUT2D eigenvalue weighted by molar-refractivity contribution is -0.116. The molecule has 0 unspecified atom stereocenters. The summed E-state index contributed by atoms with van der Waals surface area (Å²) in [4.78, 5) is 29.3. The summed E-state index contributed by atoms with van der Waals surface area (Å²) in [5.74, 6) is 0.602. The number of ether oxygens (including phenoxy) is 1. The molecule has 9 heteroatoms. The summed E-state index contributed by atoms with van der Waals surface area (Å²) in [6.45, 7) is 9.62. The van der Waals surface area contributed by atoms with Gasteiger partial charge in [0.1, 0.15) is 12.3 Å². The second-order valence-corrected chi connectivity index (χ2v) is 7.44. The van der Waals surface area contributed by atoms with E-state index in [1.54, 1.807) is 13.0 Å². The van der Waals surface area contributed by atoms with Crippen LogP contribution in [-0.4, -0.2) is 72.8 Å². The monoisotopic (exact) mass is 415 g/mol. The van der Waals surface area contributed by atoms with E-state index in [0.29, 0.717) is 37.9 Å². The van der Waals surface area contributed by atoms with E-state index in [1.165, 1.54) is 4.90 Å². The Morgan fingerprint density at radius 1 is 1.13 bits per heavy atom. The number of para-hydroxylation sites is 1. The minimum Gasteiger partial charge on any atom is -0.379 e. The number of hydrogen-bond donors (Lipinski definition) is 2. The summed E-state index contributed by atoms with van der Waals surface area (Å²) >= 11 is 0. The van der Waals surface area contributed by atoms with E-state index in [0.717, 1.165) is 29.9 Å². The Kier molecular flexibility index (Phi) is 7.42. The van der Waals surface area contributed by atoms with Crippen molar-refractivity contribution in [2.45, 2.75) is 20.8 Å². The molecule has 1 aliphatic rings. The first-order valence-electron chi connectivity index (χ1n) is 10.1. The molecule has 9 nitrogen and oxygen atoms in total. The first-order chi connectivity index (χ1) is 14.4. The van der Waals surface area contributed by atoms with E-state index in [9.17, 15) is 9.59 Å². The van der Waals surface area contributed by atoms with E-state index < -0.39 is 0 Å². The maximum absolute atomic E-state index is 13.0. The first kappa shape index (κ1) is 21.8. The number of nitrogens with one attached hydrogen (secondary N) is 2. The molecule has 2 heterocycles. The van der Waals surface area contributed by atoms with Crippen molar-refractivity contribution in [3.05, 3.63) is 41.2 Å². The number of rotatable bonds is 7. The number of hydrogen-bond acceptors (Lipinski definition) is 6. The molecular formula is C21H29N5O4. The predicted molar refractivity (Wildman–Crippen MR) is 114 cm³/mol. The summed E-state index contributed by atoms with van der Waals surface area (Å²) in [7, 11) is 0. The number of nitrogens with zero attached hydrogens (tertiary/aromatic N) is 3. The van der Waals surface area contributed by atoms with Gasteiger partial charge in [-0.05, 0) is 31.9 Å². The van der Waals surface area contributed by atoms with Crippen molar-refractivity contribution in [3.8, 4) is 0 Å². The van der Waals surface area contributed by atoms with Crippen molar-refractivity contribution in [1.82, 2.24) is 15.0 Å². The number of aryl methyl sites for hydroxylation is 3. The van der Waals surface area contributed by atoms with Gasteiger partial charge in [-0.15, -0.1) is 0 Å². The SMILES string of the molecule is Cc1cc(NC(=O)CN(CCN2CCOCC2)C(=O)Nc2c(C)cccc2C)no1. The van der Waals surface area contributed by atoms with Gasteiger partial charge in [0.15, 0.2) is 5.82 Å². The Morgan fingerprint density at radius 3 is 2.47 bits per heavy atom. The molecule has 3 rings (SSSR count). The Balaban J connectivity index is 1.66. The van der Waals surface area contributed by atoms with Crippen LogP contribution in [-0.2, 0) is 9.53 Å². The lowest BCUT2D eigenvalue weighted by atomic mass is 10.1. The zero-order chi connectivity index (χ0) is 21.5. The van der Waals surface area contributed by atoms with Crippen LogP contribution in [0.25, 0.3) is 0 Å². The molecule has 2 N–H and O–H groups in total. The molecule has 0 radical (unpaired) electrons. The van der Waals surface area contributed by atoms with Gasteiger partial charge in [0.25, 0.3) is 0 Å². The summed E-state index contributed by atoms with van der Waals surface area (Å²) < 4.78 is 10.4. The molecule has 162 valence electrons. The largest absolute Gasteiger partial charge is 0.379 e. The zero-order valence-electron chi connectivity index (χ0n) is 17.7. The Labute approximate surface area is 176 Å². The number of benzene rings is 1. The molecule has 0 spiro atoms. The number of carbonyl (C=O) groups is 2. The zero-order valence-corrected chi connectivity index (χ0v) is 17.7. The van der Waals surface area contributed by atoms with Gasteiger partial charge in [-0.1, -0.05) is 23.4 Å². The third-order valence-corrected chi connectivity index (χ3v) is 5.02. The minimum absolute atomic E-state index is 0.0903. The quantitative estimate of drug-likeness (QED) is 0.720. The highest BCUT2D eigenvalue weighted by atomic mass is 16.5. The highest BCUT2D eigenvalue weighted by molar-refractivity contribution is 5.97. The van der Waals surface area contributed by atoms with Crippen LogP contribution < -0.4 is 10.6 Å². The van der Waals surface area contributed by atoms with Crippen LogP contribution in [0, 0.1) is 20.8 Å². The molecule has 3 amide bonds. The summed E-state index contributed by atoms with van der Waals surface area (Å²) in [5.41, 5.74) is 2.71. The molecule has 1 fully saturated rings. The van der Waals surface area contributed by atoms with Crippen molar-refractivity contribution < 1.29 is 18.8 Å². The van der Waals surface area contributed by atoms with E-state index in [-0.39, 0.29) is 18.5 Å². The molecule has 1 aromatic heterocycles. The van der Waals surface area contributed by atoms with Crippen LogP contribution in [0.15, 0.2) is 28.8 Å². The number of carbonyl (C=O) groups excluding carboxylic acids is 2. The van der Waals surface area contributed by atoms with E-state index in [4.69, 9.17) is 9.26 Å². The Hall–Kier alpha value is -2.91. The van der Waals surface area contributed by atoms with Crippen LogP contribution in [0.2, 0.25) is 0 Å². The molecule has 0 bridgehead atoms. The van der Waals surface area contributed by atoms with E-state index >= 15 is 0 Å². The smallest absolute Gasteiger partial charge is 0.322 e. The summed E-state index contributed by atoms with van der Waals surface area (Å²) in [6, 6.07) is 7.16. The van der Waals surface area contributed by atoms with Crippen molar-refractivity contribution >= 4 is 23.4 Å². The molecule has 0 saturated carbocycles. The Bertz CT molecular complexity index is 856. The van der Waals surface area contributed by atoms with Crippen LogP contribution in [0.3, 0.4) is 0 Å². The van der Waals surface area contributed by atoms with Crippen LogP contribution >= 0.6 is 0 Å². The van der Waals surface area contributed by atoms with Crippen LogP contribution in [0.5, 0.6) is 0 Å². The first-order valence-corrected chi connectivity index (χ1v) is 10.1. The summed E-state index contributed by atoms with van der Waals surface area (Å²) in [5, 5.41) is 9.41. The fourth-order valence-electron chi connectivity index (χ4n) is 3.32. The molecule has 30 heavy (non-hydrogen) atoms. The van der Waals surface area contributed by atoms with Crippen molar-refractivity contribution in [1.29, 1.82) is 0 Å². The number of morpholine rings is 1. The molecule has 1 saturated heterocycles. The van der Waals surface area contributed by atoms with Crippen molar-refractivity contribution in [2.24, 2.45) is 0 Å². The predicted octanol–water partition coefficient (Wildman–Crippen LogP) is 2.40. The second-order valence-electron chi connectivity index (χ2n) is 7.44. The maximum Gasteiger partial charge on any atom is 0.322 e. The third kappa shape index (κ3) is 6.04. The Morgan fingerprint density at radius 2 is 1.83 bits per heavy atom. The molecule has 1 aromatic carbocycles. The number of urea groups is 1. The molecule has 0 aliphatic carbocycles. The standard InChI is InChI=1S/C21H29N5O4/c1-15-5-4-6-16(2)20(15)23-21(28)26(8-7-25-9-11-29-12-10-25)14-19(27)22-18-13-17(3)30-24-18/h4-6,13H,7-12,14H2,1-3H3,(H,23,28)(H,22,24,27). The average molecular weight is 415 g/mol. The van der Waals surface area contributed by atoms with Crippen molar-refractivity contribution in [2.75, 3.05) is 56.6 Å². The van der Waals surface area contributed by atoms with Gasteiger partial charge in [-0.3, -0.25) is 9.69 Å². The van der Waals surface area contributed by atoms with Gasteiger partial charge in [0.05, 0.1) is 13.2 Å². The lowest BCUT2D eigenvalue weighted by Gasteiger charge is -2.30. The normalized spacial score (nSPS) is 14.4. The third-order valence-electron chi connectivity index (χ3n) is 5.02. The average Bonchev–Trinajstić information content (AvgIpc) is 3.13. The highest BCUT2D eigenvalue weighted by Gasteiger charge is 2.21. The fourth-order valence-corrected chi connectivity index (χ4v) is 3.32. The molecular weight excluding hydrogens is 386 g/mol. The van der Waals surface area contributed by atoms with Gasteiger partial charge < -0.3 is 24.8 Å². The van der Waals surface area contributed by atoms with E-state index in [2.05, 4.69) is 20.7 Å². The fraction of sp³-hybridized carbons (Fsp3) is 0.476. The number of aromatic nitrogens is 1. The van der Waals surface area contributed by atoms with Crippen LogP contribution in [0.4, 0.5) is 16.3 Å². The summed E-state index contributed by atoms with van der Waals surface area (Å²) in [6.07, 6.45) is 0. The minimum atomic E-state index is -0.332. The van der Waals surface area contributed by atoms with Gasteiger partial charge in [-0.25, -0.2) is 4.79 Å². The second kappa shape index (κ2) is 10.2. The van der Waals surface area contributed by atoms with Gasteiger partial charge in [0, 0.05) is 37.9 Å². The molecule has 0 atom stereocenters. The van der Waals surface area contributed by atoms with Gasteiger partial charge in [-0.2, -0.15) is 0 Å². The molecule has 2 aromatic rings. The van der Waals surface area contributed by atoms with Gasteiger partial charge in [0.2, 0.25) is 5.91 Å². The number of amides is 3. The van der Waals surface area contributed by atoms with Crippen molar-refractivity contribution in [3.63, 3.8) is 0 Å². The van der Waals surface area contributed by atoms with Gasteiger partial charge >= 0.3 is 6.03 Å². The molecule has 1 aliphatic heterocycles. The number of anilines is 2. The maximum atomic E-state index is 13.0. The lowest BCUT2D eigenvalue weighted by Crippen LogP contribution is -2.46. The van der Waals surface area contributed by atoms with Crippen LogP contribution in [0.1, 0.15) is 16.9 Å². The topological polar surface area (TPSA) is 99.9 Å². The van der Waals surface area contributed by atoms with E-state index in [1.807, 2.05) is 32.0 Å².